The molecule has 0 saturated carbocycles. The van der Waals surface area contributed by atoms with Gasteiger partial charge in [0.15, 0.2) is 0 Å². The lowest BCUT2D eigenvalue weighted by Crippen LogP contribution is -2.35. The van der Waals surface area contributed by atoms with Crippen LogP contribution in [0.1, 0.15) is 10.4 Å². The van der Waals surface area contributed by atoms with Crippen LogP contribution in [0.4, 0.5) is 0 Å². The van der Waals surface area contributed by atoms with E-state index in [0.717, 1.165) is 4.47 Å². The number of aliphatic carboxylic acids is 1. The summed E-state index contributed by atoms with van der Waals surface area (Å²) in [5, 5.41) is 14.0. The molecule has 1 unspecified atom stereocenters. The predicted molar refractivity (Wildman–Crippen MR) is 99.1 cm³/mol. The fourth-order valence-electron chi connectivity index (χ4n) is 2.20. The Balaban J connectivity index is 1.82. The van der Waals surface area contributed by atoms with Gasteiger partial charge in [0.25, 0.3) is 6.10 Å². The lowest BCUT2D eigenvalue weighted by Gasteiger charge is -2.13. The van der Waals surface area contributed by atoms with E-state index in [2.05, 4.69) is 21.0 Å². The highest BCUT2D eigenvalue weighted by Crippen LogP contribution is 2.19. The topological polar surface area (TPSA) is 81.4 Å². The van der Waals surface area contributed by atoms with Crippen LogP contribution in [0, 0.1) is 0 Å². The van der Waals surface area contributed by atoms with Crippen molar-refractivity contribution in [3.63, 3.8) is 0 Å². The summed E-state index contributed by atoms with van der Waals surface area (Å²) in [4.78, 5) is 24.1. The Morgan fingerprint density at radius 3 is 2.38 bits per heavy atom. The van der Waals surface area contributed by atoms with Crippen LogP contribution in [-0.4, -0.2) is 32.7 Å². The van der Waals surface area contributed by atoms with Crippen LogP contribution in [0.3, 0.4) is 0 Å². The van der Waals surface area contributed by atoms with Gasteiger partial charge in [0.05, 0.1) is 17.4 Å². The molecule has 0 aliphatic heterocycles. The second kappa shape index (κ2) is 7.72. The van der Waals surface area contributed by atoms with E-state index in [1.807, 2.05) is 0 Å². The third-order valence-electron chi connectivity index (χ3n) is 3.49. The highest BCUT2D eigenvalue weighted by atomic mass is 79.9. The average Bonchev–Trinajstić information content (AvgIpc) is 3.11. The van der Waals surface area contributed by atoms with Gasteiger partial charge in [0.2, 0.25) is 5.78 Å². The van der Waals surface area contributed by atoms with Crippen molar-refractivity contribution >= 4 is 39.3 Å². The third kappa shape index (κ3) is 4.12. The van der Waals surface area contributed by atoms with Gasteiger partial charge < -0.3 is 9.84 Å². The van der Waals surface area contributed by atoms with E-state index in [1.54, 1.807) is 48.5 Å². The molecule has 0 spiro atoms. The molecule has 0 amide bonds. The second-order valence-corrected chi connectivity index (χ2v) is 6.66. The van der Waals surface area contributed by atoms with Crippen LogP contribution < -0.4 is 4.74 Å². The summed E-state index contributed by atoms with van der Waals surface area (Å²) >= 11 is 9.13. The highest BCUT2D eigenvalue weighted by molar-refractivity contribution is 9.10. The number of nitrogens with zero attached hydrogens (tertiary/aromatic N) is 2. The summed E-state index contributed by atoms with van der Waals surface area (Å²) in [5.74, 6) is -1.79. The van der Waals surface area contributed by atoms with E-state index in [0.29, 0.717) is 10.7 Å². The number of benzene rings is 2. The van der Waals surface area contributed by atoms with Crippen molar-refractivity contribution < 1.29 is 19.4 Å². The number of hydrogen-bond donors (Lipinski definition) is 1. The van der Waals surface area contributed by atoms with Crippen LogP contribution in [0.5, 0.6) is 5.75 Å². The Morgan fingerprint density at radius 1 is 1.12 bits per heavy atom. The Hall–Kier alpha value is -2.64. The van der Waals surface area contributed by atoms with Crippen LogP contribution >= 0.6 is 27.5 Å². The van der Waals surface area contributed by atoms with E-state index in [-0.39, 0.29) is 11.3 Å². The molecule has 2 aromatic carbocycles. The van der Waals surface area contributed by atoms with Gasteiger partial charge in [-0.25, -0.2) is 9.48 Å². The maximum Gasteiger partial charge on any atom is 0.353 e. The smallest absolute Gasteiger partial charge is 0.353 e. The van der Waals surface area contributed by atoms with E-state index in [1.165, 1.54) is 17.1 Å². The minimum absolute atomic E-state index is 0.129. The first-order valence-electron chi connectivity index (χ1n) is 7.44. The van der Waals surface area contributed by atoms with E-state index in [9.17, 15) is 14.7 Å². The van der Waals surface area contributed by atoms with Gasteiger partial charge >= 0.3 is 5.97 Å². The molecule has 8 heteroatoms. The first-order chi connectivity index (χ1) is 12.4. The number of carbonyl (C=O) groups is 2. The SMILES string of the molecule is O=C(O)C(Oc1ccc(Br)cc1)C(=O)c1cnn(-c2ccc(Cl)cc2)c1. The van der Waals surface area contributed by atoms with Crippen LogP contribution in [0.2, 0.25) is 5.02 Å². The molecule has 0 aliphatic carbocycles. The van der Waals surface area contributed by atoms with E-state index < -0.39 is 17.9 Å². The summed E-state index contributed by atoms with van der Waals surface area (Å²) in [6, 6.07) is 13.4. The molecule has 0 bridgehead atoms. The molecule has 3 aromatic rings. The lowest BCUT2D eigenvalue weighted by molar-refractivity contribution is -0.142. The Labute approximate surface area is 162 Å². The number of Topliss-reactive ketones (excluding diaryl/α,β-unsaturated/α-hetero) is 1. The van der Waals surface area contributed by atoms with E-state index in [4.69, 9.17) is 16.3 Å². The summed E-state index contributed by atoms with van der Waals surface area (Å²) in [6.07, 6.45) is 1.09. The minimum atomic E-state index is -1.67. The van der Waals surface area contributed by atoms with Crippen molar-refractivity contribution in [1.29, 1.82) is 0 Å². The Bertz CT molecular complexity index is 939. The average molecular weight is 436 g/mol. The number of carboxylic acid groups (broad SMARTS) is 1. The molecule has 26 heavy (non-hydrogen) atoms. The zero-order valence-corrected chi connectivity index (χ0v) is 15.5. The van der Waals surface area contributed by atoms with E-state index >= 15 is 0 Å². The number of carbonyl (C=O) groups excluding carboxylic acids is 1. The predicted octanol–water partition coefficient (Wildman–Crippen LogP) is 4.00. The third-order valence-corrected chi connectivity index (χ3v) is 4.27. The number of hydrogen-bond acceptors (Lipinski definition) is 4. The molecule has 132 valence electrons. The van der Waals surface area contributed by atoms with Gasteiger partial charge in [-0.05, 0) is 48.5 Å². The largest absolute Gasteiger partial charge is 0.478 e. The van der Waals surface area contributed by atoms with Gasteiger partial charge in [-0.3, -0.25) is 4.79 Å². The van der Waals surface area contributed by atoms with Gasteiger partial charge in [-0.15, -0.1) is 0 Å². The maximum absolute atomic E-state index is 12.6. The van der Waals surface area contributed by atoms with Crippen molar-refractivity contribution in [1.82, 2.24) is 9.78 Å². The lowest BCUT2D eigenvalue weighted by atomic mass is 10.1. The molecule has 1 aromatic heterocycles. The van der Waals surface area contributed by atoms with Gasteiger partial charge in [0.1, 0.15) is 5.75 Å². The van der Waals surface area contributed by atoms with Crippen molar-refractivity contribution in [2.45, 2.75) is 6.10 Å². The highest BCUT2D eigenvalue weighted by Gasteiger charge is 2.30. The molecule has 3 rings (SSSR count). The minimum Gasteiger partial charge on any atom is -0.478 e. The Kier molecular flexibility index (Phi) is 5.39. The molecule has 1 atom stereocenters. The van der Waals surface area contributed by atoms with Crippen molar-refractivity contribution in [2.24, 2.45) is 0 Å². The fourth-order valence-corrected chi connectivity index (χ4v) is 2.59. The van der Waals surface area contributed by atoms with Crippen molar-refractivity contribution in [3.8, 4) is 11.4 Å². The molecule has 0 saturated heterocycles. The van der Waals surface area contributed by atoms with Gasteiger partial charge in [-0.2, -0.15) is 5.10 Å². The van der Waals surface area contributed by atoms with Gasteiger partial charge in [-0.1, -0.05) is 27.5 Å². The first kappa shape index (κ1) is 18.2. The molecule has 0 fully saturated rings. The number of halogens is 2. The molecular weight excluding hydrogens is 424 g/mol. The van der Waals surface area contributed by atoms with Crippen molar-refractivity contribution in [2.75, 3.05) is 0 Å². The number of ketones is 1. The quantitative estimate of drug-likeness (QED) is 0.467. The van der Waals surface area contributed by atoms with Crippen LogP contribution in [0.25, 0.3) is 5.69 Å². The van der Waals surface area contributed by atoms with Gasteiger partial charge in [0, 0.05) is 15.7 Å². The molecule has 1 heterocycles. The standard InChI is InChI=1S/C18H12BrClN2O4/c19-12-1-7-15(8-2-12)26-17(18(24)25)16(23)11-9-21-22(10-11)14-5-3-13(20)4-6-14/h1-10,17H,(H,24,25). The van der Waals surface area contributed by atoms with Crippen molar-refractivity contribution in [3.05, 3.63) is 76.0 Å². The summed E-state index contributed by atoms with van der Waals surface area (Å²) in [5.41, 5.74) is 0.818. The molecule has 0 aliphatic rings. The molecule has 6 nitrogen and oxygen atoms in total. The van der Waals surface area contributed by atoms with Crippen LogP contribution in [0.15, 0.2) is 65.4 Å². The second-order valence-electron chi connectivity index (χ2n) is 5.30. The normalized spacial score (nSPS) is 11.8. The monoisotopic (exact) mass is 434 g/mol. The molecular formula is C18H12BrClN2O4. The molecule has 1 N–H and O–H groups in total. The maximum atomic E-state index is 12.6. The summed E-state index contributed by atoms with van der Waals surface area (Å²) in [7, 11) is 0. The summed E-state index contributed by atoms with van der Waals surface area (Å²) in [6.45, 7) is 0. The zero-order chi connectivity index (χ0) is 18.7. The number of carboxylic acids is 1. The Morgan fingerprint density at radius 2 is 1.77 bits per heavy atom. The van der Waals surface area contributed by atoms with Crippen LogP contribution in [-0.2, 0) is 4.79 Å². The number of rotatable bonds is 6. The zero-order valence-electron chi connectivity index (χ0n) is 13.2. The number of ether oxygens (including phenoxy) is 1. The first-order valence-corrected chi connectivity index (χ1v) is 8.61. The number of aromatic nitrogens is 2. The summed E-state index contributed by atoms with van der Waals surface area (Å²) < 4.78 is 7.63. The molecule has 0 radical (unpaired) electrons. The fraction of sp³-hybridized carbons (Fsp3) is 0.0556.